The standard InChI is InChI=1S/C20H25N3O7/c1-27-15-7-12(8-16(28-2)17(15)29-3)9-21-18(24)14-10-22-20(26)23(19(14)25)11-13-5-4-6-30-13/h7-8,10,13H,4-6,9,11H2,1-3H3,(H,21,24)(H,22,26). The average Bonchev–Trinajstić information content (AvgIpc) is 3.27. The van der Waals surface area contributed by atoms with Crippen molar-refractivity contribution in [1.29, 1.82) is 0 Å². The lowest BCUT2D eigenvalue weighted by atomic mass is 10.1. The second-order valence-electron chi connectivity index (χ2n) is 6.77. The lowest BCUT2D eigenvalue weighted by Crippen LogP contribution is -2.42. The summed E-state index contributed by atoms with van der Waals surface area (Å²) in [6, 6.07) is 3.40. The first-order valence-electron chi connectivity index (χ1n) is 9.49. The molecular formula is C20H25N3O7. The van der Waals surface area contributed by atoms with Crippen molar-refractivity contribution in [3.63, 3.8) is 0 Å². The molecule has 0 bridgehead atoms. The van der Waals surface area contributed by atoms with Gasteiger partial charge in [-0.15, -0.1) is 0 Å². The second kappa shape index (κ2) is 9.49. The second-order valence-corrected chi connectivity index (χ2v) is 6.77. The number of hydrogen-bond acceptors (Lipinski definition) is 7. The molecule has 1 aromatic carbocycles. The van der Waals surface area contributed by atoms with Crippen molar-refractivity contribution in [3.8, 4) is 17.2 Å². The third-order valence-corrected chi connectivity index (χ3v) is 4.89. The first kappa shape index (κ1) is 21.4. The van der Waals surface area contributed by atoms with E-state index in [4.69, 9.17) is 18.9 Å². The molecule has 2 heterocycles. The molecule has 1 atom stereocenters. The van der Waals surface area contributed by atoms with E-state index in [1.54, 1.807) is 12.1 Å². The Balaban J connectivity index is 1.78. The molecule has 1 amide bonds. The Hall–Kier alpha value is -3.27. The monoisotopic (exact) mass is 419 g/mol. The minimum absolute atomic E-state index is 0.111. The third-order valence-electron chi connectivity index (χ3n) is 4.89. The van der Waals surface area contributed by atoms with E-state index in [9.17, 15) is 14.4 Å². The average molecular weight is 419 g/mol. The van der Waals surface area contributed by atoms with E-state index in [0.717, 1.165) is 23.6 Å². The fourth-order valence-electron chi connectivity index (χ4n) is 3.35. The Morgan fingerprint density at radius 3 is 2.47 bits per heavy atom. The van der Waals surface area contributed by atoms with Gasteiger partial charge in [0.2, 0.25) is 5.75 Å². The number of carbonyl (C=O) groups is 1. The molecular weight excluding hydrogens is 394 g/mol. The fraction of sp³-hybridized carbons (Fsp3) is 0.450. The lowest BCUT2D eigenvalue weighted by Gasteiger charge is -2.15. The number of rotatable bonds is 8. The number of H-pyrrole nitrogens is 1. The Morgan fingerprint density at radius 2 is 1.90 bits per heavy atom. The number of benzene rings is 1. The normalized spacial score (nSPS) is 15.6. The third kappa shape index (κ3) is 4.48. The van der Waals surface area contributed by atoms with E-state index in [1.165, 1.54) is 21.3 Å². The van der Waals surface area contributed by atoms with Crippen LogP contribution in [0.1, 0.15) is 28.8 Å². The van der Waals surface area contributed by atoms with Gasteiger partial charge in [-0.25, -0.2) is 4.79 Å². The van der Waals surface area contributed by atoms with Crippen molar-refractivity contribution in [2.45, 2.75) is 32.0 Å². The number of amides is 1. The molecule has 1 aromatic heterocycles. The minimum atomic E-state index is -0.656. The zero-order valence-corrected chi connectivity index (χ0v) is 17.1. The highest BCUT2D eigenvalue weighted by Crippen LogP contribution is 2.38. The predicted molar refractivity (Wildman–Crippen MR) is 108 cm³/mol. The van der Waals surface area contributed by atoms with Crippen molar-refractivity contribution in [2.24, 2.45) is 0 Å². The molecule has 1 aliphatic rings. The predicted octanol–water partition coefficient (Wildman–Crippen LogP) is 0.671. The Kier molecular flexibility index (Phi) is 6.78. The minimum Gasteiger partial charge on any atom is -0.493 e. The van der Waals surface area contributed by atoms with Crippen molar-refractivity contribution >= 4 is 5.91 Å². The molecule has 10 nitrogen and oxygen atoms in total. The first-order valence-corrected chi connectivity index (χ1v) is 9.49. The molecule has 162 valence electrons. The largest absolute Gasteiger partial charge is 0.493 e. The summed E-state index contributed by atoms with van der Waals surface area (Å²) in [6.07, 6.45) is 2.57. The van der Waals surface area contributed by atoms with Crippen LogP contribution in [0.15, 0.2) is 27.9 Å². The zero-order valence-electron chi connectivity index (χ0n) is 17.1. The summed E-state index contributed by atoms with van der Waals surface area (Å²) in [6.45, 7) is 0.828. The van der Waals surface area contributed by atoms with Gasteiger partial charge in [0.25, 0.3) is 11.5 Å². The van der Waals surface area contributed by atoms with Gasteiger partial charge in [0.05, 0.1) is 34.0 Å². The number of carbonyl (C=O) groups excluding carboxylic acids is 1. The van der Waals surface area contributed by atoms with E-state index in [-0.39, 0.29) is 24.8 Å². The van der Waals surface area contributed by atoms with Gasteiger partial charge in [0.15, 0.2) is 11.5 Å². The van der Waals surface area contributed by atoms with Gasteiger partial charge in [-0.3, -0.25) is 14.2 Å². The van der Waals surface area contributed by atoms with Crippen molar-refractivity contribution in [3.05, 3.63) is 50.3 Å². The summed E-state index contributed by atoms with van der Waals surface area (Å²) < 4.78 is 22.4. The van der Waals surface area contributed by atoms with Crippen LogP contribution in [0.3, 0.4) is 0 Å². The summed E-state index contributed by atoms with van der Waals surface area (Å²) in [5.74, 6) is 0.729. The van der Waals surface area contributed by atoms with Gasteiger partial charge in [-0.05, 0) is 30.5 Å². The smallest absolute Gasteiger partial charge is 0.328 e. The van der Waals surface area contributed by atoms with Crippen LogP contribution in [0.25, 0.3) is 0 Å². The van der Waals surface area contributed by atoms with Crippen molar-refractivity contribution < 1.29 is 23.7 Å². The highest BCUT2D eigenvalue weighted by Gasteiger charge is 2.21. The topological polar surface area (TPSA) is 121 Å². The maximum absolute atomic E-state index is 12.7. The quantitative estimate of drug-likeness (QED) is 0.645. The summed E-state index contributed by atoms with van der Waals surface area (Å²) in [7, 11) is 4.49. The first-order chi connectivity index (χ1) is 14.5. The van der Waals surface area contributed by atoms with Crippen LogP contribution in [-0.2, 0) is 17.8 Å². The van der Waals surface area contributed by atoms with Crippen LogP contribution in [-0.4, -0.2) is 49.5 Å². The van der Waals surface area contributed by atoms with Gasteiger partial charge in [-0.2, -0.15) is 0 Å². The summed E-state index contributed by atoms with van der Waals surface area (Å²) in [5, 5.41) is 2.68. The van der Waals surface area contributed by atoms with E-state index in [1.807, 2.05) is 0 Å². The van der Waals surface area contributed by atoms with Gasteiger partial charge in [0.1, 0.15) is 5.56 Å². The number of aromatic amines is 1. The molecule has 0 saturated carbocycles. The highest BCUT2D eigenvalue weighted by molar-refractivity contribution is 5.93. The molecule has 0 aliphatic carbocycles. The molecule has 0 radical (unpaired) electrons. The van der Waals surface area contributed by atoms with Gasteiger partial charge < -0.3 is 29.2 Å². The Morgan fingerprint density at radius 1 is 1.20 bits per heavy atom. The van der Waals surface area contributed by atoms with E-state index in [2.05, 4.69) is 10.3 Å². The maximum atomic E-state index is 12.7. The molecule has 2 aromatic rings. The van der Waals surface area contributed by atoms with Crippen LogP contribution in [0.4, 0.5) is 0 Å². The molecule has 2 N–H and O–H groups in total. The van der Waals surface area contributed by atoms with Crippen LogP contribution in [0.2, 0.25) is 0 Å². The fourth-order valence-corrected chi connectivity index (χ4v) is 3.35. The Bertz CT molecular complexity index is 997. The molecule has 1 fully saturated rings. The van der Waals surface area contributed by atoms with Gasteiger partial charge >= 0.3 is 5.69 Å². The molecule has 10 heteroatoms. The van der Waals surface area contributed by atoms with Crippen LogP contribution < -0.4 is 30.8 Å². The van der Waals surface area contributed by atoms with Crippen LogP contribution >= 0.6 is 0 Å². The molecule has 3 rings (SSSR count). The van der Waals surface area contributed by atoms with Crippen molar-refractivity contribution in [2.75, 3.05) is 27.9 Å². The molecule has 1 aliphatic heterocycles. The highest BCUT2D eigenvalue weighted by atomic mass is 16.5. The number of nitrogens with one attached hydrogen (secondary N) is 2. The number of aromatic nitrogens is 2. The van der Waals surface area contributed by atoms with Crippen LogP contribution in [0, 0.1) is 0 Å². The molecule has 1 saturated heterocycles. The van der Waals surface area contributed by atoms with Gasteiger partial charge in [0, 0.05) is 19.3 Å². The molecule has 0 spiro atoms. The van der Waals surface area contributed by atoms with E-state index >= 15 is 0 Å². The van der Waals surface area contributed by atoms with E-state index in [0.29, 0.717) is 29.4 Å². The van der Waals surface area contributed by atoms with Crippen LogP contribution in [0.5, 0.6) is 17.2 Å². The summed E-state index contributed by atoms with van der Waals surface area (Å²) >= 11 is 0. The van der Waals surface area contributed by atoms with Gasteiger partial charge in [-0.1, -0.05) is 0 Å². The number of ether oxygens (including phenoxy) is 4. The summed E-state index contributed by atoms with van der Waals surface area (Å²) in [5.41, 5.74) is -0.699. The molecule has 1 unspecified atom stereocenters. The summed E-state index contributed by atoms with van der Waals surface area (Å²) in [4.78, 5) is 39.8. The maximum Gasteiger partial charge on any atom is 0.328 e. The van der Waals surface area contributed by atoms with Crippen molar-refractivity contribution in [1.82, 2.24) is 14.9 Å². The number of hydrogen-bond donors (Lipinski definition) is 2. The Labute approximate surface area is 172 Å². The number of nitrogens with zero attached hydrogens (tertiary/aromatic N) is 1. The SMILES string of the molecule is COc1cc(CNC(=O)c2c[nH]c(=O)n(CC3CCCO3)c2=O)cc(OC)c1OC. The zero-order chi connectivity index (χ0) is 21.7. The molecule has 30 heavy (non-hydrogen) atoms. The number of methoxy groups -OCH3 is 3. The van der Waals surface area contributed by atoms with E-state index < -0.39 is 17.2 Å². The lowest BCUT2D eigenvalue weighted by molar-refractivity contribution is 0.0921.